The summed E-state index contributed by atoms with van der Waals surface area (Å²) in [6.45, 7) is 3.22. The van der Waals surface area contributed by atoms with Gasteiger partial charge in [-0.2, -0.15) is 0 Å². The Morgan fingerprint density at radius 2 is 1.96 bits per heavy atom. The maximum Gasteiger partial charge on any atom is 0.193 e. The maximum absolute atomic E-state index is 4.53. The second-order valence-electron chi connectivity index (χ2n) is 7.34. The van der Waals surface area contributed by atoms with Crippen LogP contribution in [0.25, 0.3) is 0 Å². The van der Waals surface area contributed by atoms with Gasteiger partial charge in [-0.05, 0) is 44.3 Å². The molecule has 2 fully saturated rings. The first-order chi connectivity index (χ1) is 11.1. The van der Waals surface area contributed by atoms with E-state index >= 15 is 0 Å². The average molecular weight is 442 g/mol. The van der Waals surface area contributed by atoms with E-state index in [2.05, 4.69) is 64.5 Å². The molecule has 0 bridgehead atoms. The van der Waals surface area contributed by atoms with Crippen molar-refractivity contribution in [1.29, 1.82) is 0 Å². The van der Waals surface area contributed by atoms with Gasteiger partial charge in [0.05, 0.1) is 6.04 Å². The predicted molar refractivity (Wildman–Crippen MR) is 112 cm³/mol. The molecule has 1 atom stereocenters. The third-order valence-corrected chi connectivity index (χ3v) is 5.63. The second kappa shape index (κ2) is 8.52. The maximum atomic E-state index is 4.53. The number of nitrogens with zero attached hydrogens (tertiary/aromatic N) is 3. The van der Waals surface area contributed by atoms with Gasteiger partial charge < -0.3 is 15.1 Å². The van der Waals surface area contributed by atoms with E-state index in [1.165, 1.54) is 37.8 Å². The van der Waals surface area contributed by atoms with Gasteiger partial charge in [0.25, 0.3) is 0 Å². The van der Waals surface area contributed by atoms with Gasteiger partial charge in [0.1, 0.15) is 0 Å². The van der Waals surface area contributed by atoms with Crippen LogP contribution in [0, 0.1) is 5.41 Å². The van der Waals surface area contributed by atoms with Crippen LogP contribution >= 0.6 is 24.0 Å². The van der Waals surface area contributed by atoms with Gasteiger partial charge in [-0.15, -0.1) is 24.0 Å². The van der Waals surface area contributed by atoms with Crippen molar-refractivity contribution in [2.24, 2.45) is 10.4 Å². The lowest BCUT2D eigenvalue weighted by atomic mass is 9.68. The van der Waals surface area contributed by atoms with Crippen molar-refractivity contribution >= 4 is 29.9 Å². The molecule has 1 saturated heterocycles. The molecule has 1 heterocycles. The zero-order valence-corrected chi connectivity index (χ0v) is 17.5. The lowest BCUT2D eigenvalue weighted by molar-refractivity contribution is 0.151. The standard InChI is InChI=1S/C19H30N4.HI/c1-20-18(23-13-12-19(15-23)10-7-11-19)21-14-17(22(2)3)16-8-5-4-6-9-16;/h4-6,8-9,17H,7,10-15H2,1-3H3,(H,20,21);1H. The normalized spacial score (nSPS) is 20.7. The second-order valence-corrected chi connectivity index (χ2v) is 7.34. The summed E-state index contributed by atoms with van der Waals surface area (Å²) in [6.07, 6.45) is 5.57. The molecule has 1 aromatic rings. The van der Waals surface area contributed by atoms with Crippen molar-refractivity contribution in [3.8, 4) is 0 Å². The molecule has 0 amide bonds. The Morgan fingerprint density at radius 3 is 2.46 bits per heavy atom. The molecule has 1 N–H and O–H groups in total. The summed E-state index contributed by atoms with van der Waals surface area (Å²) in [6, 6.07) is 11.1. The summed E-state index contributed by atoms with van der Waals surface area (Å²) in [4.78, 5) is 9.26. The van der Waals surface area contributed by atoms with Crippen molar-refractivity contribution in [2.45, 2.75) is 31.7 Å². The molecule has 5 heteroatoms. The highest BCUT2D eigenvalue weighted by atomic mass is 127. The van der Waals surface area contributed by atoms with Crippen LogP contribution in [0.4, 0.5) is 0 Å². The topological polar surface area (TPSA) is 30.9 Å². The van der Waals surface area contributed by atoms with Gasteiger partial charge in [-0.3, -0.25) is 4.99 Å². The number of hydrogen-bond acceptors (Lipinski definition) is 2. The van der Waals surface area contributed by atoms with E-state index in [0.717, 1.165) is 19.0 Å². The fourth-order valence-corrected chi connectivity index (χ4v) is 3.99. The molecule has 0 radical (unpaired) electrons. The summed E-state index contributed by atoms with van der Waals surface area (Å²) in [5.74, 6) is 1.07. The molecule has 1 spiro atoms. The lowest BCUT2D eigenvalue weighted by Crippen LogP contribution is -2.45. The highest BCUT2D eigenvalue weighted by Gasteiger charge is 2.43. The quantitative estimate of drug-likeness (QED) is 0.441. The minimum Gasteiger partial charge on any atom is -0.354 e. The summed E-state index contributed by atoms with van der Waals surface area (Å²) < 4.78 is 0. The third-order valence-electron chi connectivity index (χ3n) is 5.63. The molecule has 1 saturated carbocycles. The van der Waals surface area contributed by atoms with Gasteiger partial charge in [0.15, 0.2) is 5.96 Å². The van der Waals surface area contributed by atoms with E-state index in [-0.39, 0.29) is 24.0 Å². The fraction of sp³-hybridized carbons (Fsp3) is 0.632. The molecule has 1 aliphatic carbocycles. The molecule has 1 aliphatic heterocycles. The van der Waals surface area contributed by atoms with E-state index < -0.39 is 0 Å². The molecule has 3 rings (SSSR count). The molecular formula is C19H31IN4. The number of benzene rings is 1. The fourth-order valence-electron chi connectivity index (χ4n) is 3.99. The van der Waals surface area contributed by atoms with Crippen LogP contribution < -0.4 is 5.32 Å². The van der Waals surface area contributed by atoms with Gasteiger partial charge in [0, 0.05) is 26.7 Å². The van der Waals surface area contributed by atoms with Crippen molar-refractivity contribution in [2.75, 3.05) is 40.8 Å². The summed E-state index contributed by atoms with van der Waals surface area (Å²) in [5, 5.41) is 3.61. The molecule has 1 unspecified atom stereocenters. The van der Waals surface area contributed by atoms with E-state index in [1.807, 2.05) is 7.05 Å². The number of guanidine groups is 1. The lowest BCUT2D eigenvalue weighted by Gasteiger charge is -2.38. The summed E-state index contributed by atoms with van der Waals surface area (Å²) in [5.41, 5.74) is 1.95. The largest absolute Gasteiger partial charge is 0.354 e. The minimum absolute atomic E-state index is 0. The van der Waals surface area contributed by atoms with Crippen LogP contribution in [-0.4, -0.2) is 56.5 Å². The Labute approximate surface area is 163 Å². The molecule has 24 heavy (non-hydrogen) atoms. The number of likely N-dealkylation sites (tertiary alicyclic amines) is 1. The number of likely N-dealkylation sites (N-methyl/N-ethyl adjacent to an activating group) is 1. The molecule has 1 aromatic carbocycles. The van der Waals surface area contributed by atoms with Crippen LogP contribution in [0.15, 0.2) is 35.3 Å². The van der Waals surface area contributed by atoms with Crippen molar-refractivity contribution in [1.82, 2.24) is 15.1 Å². The number of nitrogens with one attached hydrogen (secondary N) is 1. The first-order valence-corrected chi connectivity index (χ1v) is 8.80. The average Bonchev–Trinajstić information content (AvgIpc) is 2.98. The number of hydrogen-bond donors (Lipinski definition) is 1. The van der Waals surface area contributed by atoms with E-state index in [9.17, 15) is 0 Å². The zero-order valence-electron chi connectivity index (χ0n) is 15.2. The highest BCUT2D eigenvalue weighted by Crippen LogP contribution is 2.47. The van der Waals surface area contributed by atoms with Crippen molar-refractivity contribution in [3.63, 3.8) is 0 Å². The van der Waals surface area contributed by atoms with Crippen molar-refractivity contribution < 1.29 is 0 Å². The van der Waals surface area contributed by atoms with Gasteiger partial charge in [0.2, 0.25) is 0 Å². The van der Waals surface area contributed by atoms with Gasteiger partial charge >= 0.3 is 0 Å². The smallest absolute Gasteiger partial charge is 0.193 e. The highest BCUT2D eigenvalue weighted by molar-refractivity contribution is 14.0. The molecule has 0 aromatic heterocycles. The van der Waals surface area contributed by atoms with Crippen LogP contribution in [0.5, 0.6) is 0 Å². The Morgan fingerprint density at radius 1 is 1.25 bits per heavy atom. The van der Waals surface area contributed by atoms with Crippen molar-refractivity contribution in [3.05, 3.63) is 35.9 Å². The monoisotopic (exact) mass is 442 g/mol. The summed E-state index contributed by atoms with van der Waals surface area (Å²) >= 11 is 0. The molecule has 134 valence electrons. The van der Waals surface area contributed by atoms with Crippen LogP contribution in [-0.2, 0) is 0 Å². The molecule has 2 aliphatic rings. The number of aliphatic imine (C=N–C) groups is 1. The van der Waals surface area contributed by atoms with E-state index in [0.29, 0.717) is 11.5 Å². The first-order valence-electron chi connectivity index (χ1n) is 8.80. The molecular weight excluding hydrogens is 411 g/mol. The van der Waals surface area contributed by atoms with Gasteiger partial charge in [-0.1, -0.05) is 36.8 Å². The Balaban J connectivity index is 0.00000208. The van der Waals surface area contributed by atoms with Gasteiger partial charge in [-0.25, -0.2) is 0 Å². The van der Waals surface area contributed by atoms with E-state index in [4.69, 9.17) is 0 Å². The van der Waals surface area contributed by atoms with Crippen LogP contribution in [0.3, 0.4) is 0 Å². The Bertz CT molecular complexity index is 540. The molecule has 4 nitrogen and oxygen atoms in total. The number of rotatable bonds is 4. The van der Waals surface area contributed by atoms with Crippen LogP contribution in [0.2, 0.25) is 0 Å². The van der Waals surface area contributed by atoms with Crippen LogP contribution in [0.1, 0.15) is 37.3 Å². The summed E-state index contributed by atoms with van der Waals surface area (Å²) in [7, 11) is 6.18. The minimum atomic E-state index is 0. The Kier molecular flexibility index (Phi) is 6.92. The zero-order chi connectivity index (χ0) is 16.3. The first kappa shape index (κ1) is 19.5. The Hall–Kier alpha value is -0.820. The van der Waals surface area contributed by atoms with E-state index in [1.54, 1.807) is 0 Å². The number of halogens is 1. The third kappa shape index (κ3) is 4.23. The predicted octanol–water partition coefficient (Wildman–Crippen LogP) is 3.36. The SMILES string of the molecule is CN=C(NCC(c1ccccc1)N(C)C)N1CCC2(CCC2)C1.I.